The topological polar surface area (TPSA) is 38.8 Å². The van der Waals surface area contributed by atoms with E-state index in [1.165, 1.54) is 12.1 Å². The molecule has 0 bridgehead atoms. The SMILES string of the molecule is O=C(c1ccccc1-c1ccccc1)N1CCC2(CC1)CC(Oc1ccc(F)cc1)CO2. The van der Waals surface area contributed by atoms with E-state index >= 15 is 0 Å². The molecule has 1 amide bonds. The quantitative estimate of drug-likeness (QED) is 0.560. The van der Waals surface area contributed by atoms with Crippen molar-refractivity contribution < 1.29 is 18.7 Å². The lowest BCUT2D eigenvalue weighted by Crippen LogP contribution is -2.46. The number of halogens is 1. The predicted molar refractivity (Wildman–Crippen MR) is 121 cm³/mol. The van der Waals surface area contributed by atoms with Crippen LogP contribution >= 0.6 is 0 Å². The number of benzene rings is 3. The Bertz CT molecular complexity index is 1080. The molecule has 4 nitrogen and oxygen atoms in total. The number of carbonyl (C=O) groups excluding carboxylic acids is 1. The maximum Gasteiger partial charge on any atom is 0.254 e. The fourth-order valence-corrected chi connectivity index (χ4v) is 4.76. The van der Waals surface area contributed by atoms with Crippen LogP contribution in [0.5, 0.6) is 5.75 Å². The summed E-state index contributed by atoms with van der Waals surface area (Å²) in [5.74, 6) is 0.445. The van der Waals surface area contributed by atoms with Crippen LogP contribution in [0.15, 0.2) is 78.9 Å². The molecule has 2 heterocycles. The van der Waals surface area contributed by atoms with Crippen LogP contribution in [0.2, 0.25) is 0 Å². The second-order valence-corrected chi connectivity index (χ2v) is 8.60. The molecule has 5 rings (SSSR count). The lowest BCUT2D eigenvalue weighted by atomic mass is 9.87. The first-order valence-electron chi connectivity index (χ1n) is 11.1. The molecule has 3 aromatic rings. The minimum Gasteiger partial charge on any atom is -0.488 e. The molecule has 2 saturated heterocycles. The fourth-order valence-electron chi connectivity index (χ4n) is 4.76. The number of ether oxygens (including phenoxy) is 2. The van der Waals surface area contributed by atoms with Gasteiger partial charge in [0.25, 0.3) is 5.91 Å². The van der Waals surface area contributed by atoms with Crippen LogP contribution in [0.1, 0.15) is 29.6 Å². The Balaban J connectivity index is 1.23. The highest BCUT2D eigenvalue weighted by atomic mass is 19.1. The van der Waals surface area contributed by atoms with Gasteiger partial charge in [0.05, 0.1) is 12.2 Å². The molecule has 2 fully saturated rings. The van der Waals surface area contributed by atoms with Crippen molar-refractivity contribution in [3.63, 3.8) is 0 Å². The maximum absolute atomic E-state index is 13.4. The number of hydrogen-bond acceptors (Lipinski definition) is 3. The zero-order valence-corrected chi connectivity index (χ0v) is 17.9. The van der Waals surface area contributed by atoms with Crippen molar-refractivity contribution in [1.82, 2.24) is 4.90 Å². The zero-order valence-electron chi connectivity index (χ0n) is 17.9. The summed E-state index contributed by atoms with van der Waals surface area (Å²) in [6.45, 7) is 1.83. The van der Waals surface area contributed by atoms with Crippen LogP contribution in [0.4, 0.5) is 4.39 Å². The molecular weight excluding hydrogens is 405 g/mol. The highest BCUT2D eigenvalue weighted by Crippen LogP contribution is 2.38. The molecule has 5 heteroatoms. The molecule has 0 saturated carbocycles. The van der Waals surface area contributed by atoms with E-state index in [0.29, 0.717) is 25.4 Å². The fraction of sp³-hybridized carbons (Fsp3) is 0.296. The highest BCUT2D eigenvalue weighted by Gasteiger charge is 2.44. The minimum atomic E-state index is -0.276. The van der Waals surface area contributed by atoms with Crippen LogP contribution in [-0.4, -0.2) is 42.2 Å². The van der Waals surface area contributed by atoms with Crippen molar-refractivity contribution in [3.8, 4) is 16.9 Å². The third kappa shape index (κ3) is 4.26. The second-order valence-electron chi connectivity index (χ2n) is 8.60. The Labute approximate surface area is 187 Å². The Morgan fingerprint density at radius 3 is 2.38 bits per heavy atom. The Kier molecular flexibility index (Phi) is 5.66. The molecular formula is C27H26FNO3. The first kappa shape index (κ1) is 20.7. The molecule has 0 aromatic heterocycles. The van der Waals surface area contributed by atoms with Crippen LogP contribution < -0.4 is 4.74 Å². The van der Waals surface area contributed by atoms with E-state index < -0.39 is 0 Å². The van der Waals surface area contributed by atoms with Crippen molar-refractivity contribution >= 4 is 5.91 Å². The average molecular weight is 432 g/mol. The standard InChI is InChI=1S/C27H26FNO3/c28-21-10-12-22(13-11-21)32-23-18-27(31-19-23)14-16-29(17-15-27)26(30)25-9-5-4-8-24(25)20-6-2-1-3-7-20/h1-13,23H,14-19H2. The van der Waals surface area contributed by atoms with E-state index in [4.69, 9.17) is 9.47 Å². The van der Waals surface area contributed by atoms with Gasteiger partial charge in [-0.05, 0) is 54.3 Å². The molecule has 164 valence electrons. The highest BCUT2D eigenvalue weighted by molar-refractivity contribution is 6.00. The monoisotopic (exact) mass is 431 g/mol. The van der Waals surface area contributed by atoms with Gasteiger partial charge in [0.1, 0.15) is 17.7 Å². The summed E-state index contributed by atoms with van der Waals surface area (Å²) in [5.41, 5.74) is 2.49. The average Bonchev–Trinajstić information content (AvgIpc) is 3.23. The van der Waals surface area contributed by atoms with Crippen molar-refractivity contribution in [2.45, 2.75) is 31.0 Å². The van der Waals surface area contributed by atoms with E-state index in [9.17, 15) is 9.18 Å². The summed E-state index contributed by atoms with van der Waals surface area (Å²) < 4.78 is 25.3. The summed E-state index contributed by atoms with van der Waals surface area (Å²) in [7, 11) is 0. The number of carbonyl (C=O) groups is 1. The molecule has 2 aliphatic heterocycles. The normalized spacial score (nSPS) is 19.8. The summed E-state index contributed by atoms with van der Waals surface area (Å²) in [6, 6.07) is 23.9. The summed E-state index contributed by atoms with van der Waals surface area (Å²) in [5, 5.41) is 0. The van der Waals surface area contributed by atoms with Gasteiger partial charge in [-0.15, -0.1) is 0 Å². The molecule has 0 N–H and O–H groups in total. The molecule has 1 atom stereocenters. The largest absolute Gasteiger partial charge is 0.488 e. The van der Waals surface area contributed by atoms with Crippen molar-refractivity contribution in [2.75, 3.05) is 19.7 Å². The Morgan fingerprint density at radius 2 is 1.62 bits per heavy atom. The molecule has 0 radical (unpaired) electrons. The third-order valence-corrected chi connectivity index (χ3v) is 6.50. The lowest BCUT2D eigenvalue weighted by Gasteiger charge is -2.38. The van der Waals surface area contributed by atoms with Crippen molar-refractivity contribution in [1.29, 1.82) is 0 Å². The predicted octanol–water partition coefficient (Wildman–Crippen LogP) is 5.34. The third-order valence-electron chi connectivity index (χ3n) is 6.50. The number of piperidine rings is 1. The van der Waals surface area contributed by atoms with E-state index in [-0.39, 0.29) is 23.4 Å². The van der Waals surface area contributed by atoms with Gasteiger partial charge in [-0.1, -0.05) is 48.5 Å². The summed E-state index contributed by atoms with van der Waals surface area (Å²) in [4.78, 5) is 15.3. The molecule has 1 unspecified atom stereocenters. The number of nitrogens with zero attached hydrogens (tertiary/aromatic N) is 1. The van der Waals surface area contributed by atoms with Gasteiger partial charge in [0.15, 0.2) is 0 Å². The lowest BCUT2D eigenvalue weighted by molar-refractivity contribution is -0.0395. The molecule has 0 aliphatic carbocycles. The van der Waals surface area contributed by atoms with E-state index in [0.717, 1.165) is 36.0 Å². The van der Waals surface area contributed by atoms with Crippen molar-refractivity contribution in [2.24, 2.45) is 0 Å². The number of rotatable bonds is 4. The first-order valence-corrected chi connectivity index (χ1v) is 11.1. The molecule has 32 heavy (non-hydrogen) atoms. The van der Waals surface area contributed by atoms with Gasteiger partial charge < -0.3 is 14.4 Å². The van der Waals surface area contributed by atoms with Crippen LogP contribution in [0.25, 0.3) is 11.1 Å². The van der Waals surface area contributed by atoms with Crippen LogP contribution in [0, 0.1) is 5.82 Å². The first-order chi connectivity index (χ1) is 15.6. The summed E-state index contributed by atoms with van der Waals surface area (Å²) >= 11 is 0. The van der Waals surface area contributed by atoms with Crippen LogP contribution in [-0.2, 0) is 4.74 Å². The van der Waals surface area contributed by atoms with Crippen LogP contribution in [0.3, 0.4) is 0 Å². The van der Waals surface area contributed by atoms with E-state index in [1.807, 2.05) is 59.5 Å². The van der Waals surface area contributed by atoms with E-state index in [2.05, 4.69) is 0 Å². The van der Waals surface area contributed by atoms with Gasteiger partial charge in [-0.3, -0.25) is 4.79 Å². The number of amides is 1. The number of likely N-dealkylation sites (tertiary alicyclic amines) is 1. The van der Waals surface area contributed by atoms with Gasteiger partial charge in [0, 0.05) is 25.1 Å². The molecule has 3 aromatic carbocycles. The van der Waals surface area contributed by atoms with Crippen molar-refractivity contribution in [3.05, 3.63) is 90.2 Å². The zero-order chi connectivity index (χ0) is 22.0. The second kappa shape index (κ2) is 8.75. The van der Waals surface area contributed by atoms with Gasteiger partial charge in [0.2, 0.25) is 0 Å². The van der Waals surface area contributed by atoms with E-state index in [1.54, 1.807) is 12.1 Å². The van der Waals surface area contributed by atoms with Gasteiger partial charge in [-0.25, -0.2) is 4.39 Å². The smallest absolute Gasteiger partial charge is 0.254 e. The number of hydrogen-bond donors (Lipinski definition) is 0. The summed E-state index contributed by atoms with van der Waals surface area (Å²) in [6.07, 6.45) is 2.31. The minimum absolute atomic E-state index is 0.0541. The van der Waals surface area contributed by atoms with Gasteiger partial charge in [-0.2, -0.15) is 0 Å². The molecule has 1 spiro atoms. The molecule has 2 aliphatic rings. The Hall–Kier alpha value is -3.18. The van der Waals surface area contributed by atoms with Gasteiger partial charge >= 0.3 is 0 Å². The Morgan fingerprint density at radius 1 is 0.938 bits per heavy atom. The maximum atomic E-state index is 13.4.